The molecule has 4 heteroatoms. The molecule has 0 aromatic heterocycles. The van der Waals surface area contributed by atoms with Crippen molar-refractivity contribution in [1.29, 1.82) is 0 Å². The minimum atomic E-state index is 0.000222. The van der Waals surface area contributed by atoms with E-state index in [0.717, 1.165) is 25.3 Å². The number of Topliss-reactive ketones (excluding diaryl/α,β-unsaturated/α-hetero) is 1. The van der Waals surface area contributed by atoms with Crippen molar-refractivity contribution >= 4 is 17.2 Å². The maximum Gasteiger partial charge on any atom is 0.161 e. The number of nitrogens with one attached hydrogen (secondary N) is 1. The van der Waals surface area contributed by atoms with E-state index >= 15 is 0 Å². The van der Waals surface area contributed by atoms with E-state index in [0.29, 0.717) is 17.3 Å². The van der Waals surface area contributed by atoms with E-state index in [4.69, 9.17) is 5.73 Å². The third-order valence-electron chi connectivity index (χ3n) is 3.27. The minimum absolute atomic E-state index is 0.000222. The van der Waals surface area contributed by atoms with Crippen LogP contribution in [0, 0.1) is 0 Å². The fourth-order valence-corrected chi connectivity index (χ4v) is 2.17. The van der Waals surface area contributed by atoms with E-state index in [9.17, 15) is 4.79 Å². The van der Waals surface area contributed by atoms with E-state index in [2.05, 4.69) is 31.0 Å². The Balaban J connectivity index is 2.67. The first-order valence-electron chi connectivity index (χ1n) is 6.87. The first-order chi connectivity index (χ1) is 8.97. The second-order valence-electron chi connectivity index (χ2n) is 4.89. The number of nitrogen functional groups attached to an aromatic ring is 1. The van der Waals surface area contributed by atoms with Crippen molar-refractivity contribution in [2.75, 3.05) is 30.7 Å². The van der Waals surface area contributed by atoms with Gasteiger partial charge in [-0.2, -0.15) is 0 Å². The molecule has 4 nitrogen and oxygen atoms in total. The van der Waals surface area contributed by atoms with Crippen LogP contribution in [0.15, 0.2) is 18.2 Å². The summed E-state index contributed by atoms with van der Waals surface area (Å²) in [5, 5.41) is 3.41. The molecule has 1 unspecified atom stereocenters. The Labute approximate surface area is 116 Å². The SMILES string of the molecule is CCN(CC)CC(C)Nc1ccc(C(C)=O)c(N)c1. The molecule has 0 fully saturated rings. The summed E-state index contributed by atoms with van der Waals surface area (Å²) in [5.74, 6) is 0.000222. The third-order valence-corrected chi connectivity index (χ3v) is 3.27. The van der Waals surface area contributed by atoms with Crippen LogP contribution in [0.25, 0.3) is 0 Å². The number of hydrogen-bond donors (Lipinski definition) is 2. The Hall–Kier alpha value is -1.55. The zero-order valence-electron chi connectivity index (χ0n) is 12.4. The molecular formula is C15H25N3O. The third kappa shape index (κ3) is 4.56. The van der Waals surface area contributed by atoms with E-state index in [1.807, 2.05) is 12.1 Å². The van der Waals surface area contributed by atoms with Gasteiger partial charge in [-0.1, -0.05) is 13.8 Å². The molecule has 106 valence electrons. The first kappa shape index (κ1) is 15.5. The average molecular weight is 263 g/mol. The van der Waals surface area contributed by atoms with Gasteiger partial charge in [-0.05, 0) is 45.1 Å². The summed E-state index contributed by atoms with van der Waals surface area (Å²) in [6.07, 6.45) is 0. The number of carbonyl (C=O) groups excluding carboxylic acids is 1. The molecule has 1 aromatic rings. The van der Waals surface area contributed by atoms with Crippen molar-refractivity contribution in [3.05, 3.63) is 23.8 Å². The molecule has 1 aromatic carbocycles. The summed E-state index contributed by atoms with van der Waals surface area (Å²) in [5.41, 5.74) is 7.96. The Morgan fingerprint density at radius 3 is 2.47 bits per heavy atom. The molecule has 0 aliphatic rings. The number of carbonyl (C=O) groups is 1. The number of anilines is 2. The molecule has 0 radical (unpaired) electrons. The van der Waals surface area contributed by atoms with Crippen LogP contribution >= 0.6 is 0 Å². The van der Waals surface area contributed by atoms with Gasteiger partial charge >= 0.3 is 0 Å². The molecule has 0 aliphatic heterocycles. The van der Waals surface area contributed by atoms with Gasteiger partial charge in [-0.3, -0.25) is 4.79 Å². The molecule has 0 saturated heterocycles. The number of ketones is 1. The van der Waals surface area contributed by atoms with Gasteiger partial charge in [0.15, 0.2) is 5.78 Å². The van der Waals surface area contributed by atoms with Crippen LogP contribution in [0.2, 0.25) is 0 Å². The van der Waals surface area contributed by atoms with E-state index in [-0.39, 0.29) is 5.78 Å². The molecule has 1 rings (SSSR count). The van der Waals surface area contributed by atoms with Gasteiger partial charge in [-0.15, -0.1) is 0 Å². The zero-order chi connectivity index (χ0) is 14.4. The lowest BCUT2D eigenvalue weighted by Crippen LogP contribution is -2.34. The zero-order valence-corrected chi connectivity index (χ0v) is 12.4. The Morgan fingerprint density at radius 2 is 2.00 bits per heavy atom. The van der Waals surface area contributed by atoms with Crippen molar-refractivity contribution in [2.45, 2.75) is 33.7 Å². The maximum atomic E-state index is 11.3. The normalized spacial score (nSPS) is 12.5. The minimum Gasteiger partial charge on any atom is -0.398 e. The van der Waals surface area contributed by atoms with Gasteiger partial charge < -0.3 is 16.0 Å². The largest absolute Gasteiger partial charge is 0.398 e. The number of likely N-dealkylation sites (N-methyl/N-ethyl adjacent to an activating group) is 1. The lowest BCUT2D eigenvalue weighted by Gasteiger charge is -2.24. The second kappa shape index (κ2) is 7.14. The molecule has 19 heavy (non-hydrogen) atoms. The summed E-state index contributed by atoms with van der Waals surface area (Å²) >= 11 is 0. The summed E-state index contributed by atoms with van der Waals surface area (Å²) in [7, 11) is 0. The van der Waals surface area contributed by atoms with Crippen molar-refractivity contribution in [1.82, 2.24) is 4.90 Å². The predicted octanol–water partition coefficient (Wildman–Crippen LogP) is 2.61. The lowest BCUT2D eigenvalue weighted by atomic mass is 10.1. The van der Waals surface area contributed by atoms with Crippen molar-refractivity contribution in [3.8, 4) is 0 Å². The van der Waals surface area contributed by atoms with Crippen LogP contribution in [-0.2, 0) is 0 Å². The summed E-state index contributed by atoms with van der Waals surface area (Å²) < 4.78 is 0. The molecule has 0 heterocycles. The monoisotopic (exact) mass is 263 g/mol. The molecule has 0 spiro atoms. The number of rotatable bonds is 7. The van der Waals surface area contributed by atoms with E-state index < -0.39 is 0 Å². The van der Waals surface area contributed by atoms with Gasteiger partial charge in [0.05, 0.1) is 0 Å². The molecule has 3 N–H and O–H groups in total. The molecule has 0 saturated carbocycles. The number of nitrogens with zero attached hydrogens (tertiary/aromatic N) is 1. The van der Waals surface area contributed by atoms with Crippen LogP contribution < -0.4 is 11.1 Å². The highest BCUT2D eigenvalue weighted by molar-refractivity contribution is 5.99. The van der Waals surface area contributed by atoms with Crippen molar-refractivity contribution < 1.29 is 4.79 Å². The van der Waals surface area contributed by atoms with Crippen LogP contribution in [0.1, 0.15) is 38.1 Å². The molecule has 0 bridgehead atoms. The lowest BCUT2D eigenvalue weighted by molar-refractivity contribution is 0.101. The Kier molecular flexibility index (Phi) is 5.83. The van der Waals surface area contributed by atoms with Crippen molar-refractivity contribution in [3.63, 3.8) is 0 Å². The van der Waals surface area contributed by atoms with Gasteiger partial charge in [0, 0.05) is 29.5 Å². The average Bonchev–Trinajstić information content (AvgIpc) is 2.35. The van der Waals surface area contributed by atoms with Crippen LogP contribution in [-0.4, -0.2) is 36.4 Å². The number of benzene rings is 1. The molecule has 0 amide bonds. The van der Waals surface area contributed by atoms with Crippen LogP contribution in [0.5, 0.6) is 0 Å². The Morgan fingerprint density at radius 1 is 1.37 bits per heavy atom. The molecule has 0 aliphatic carbocycles. The van der Waals surface area contributed by atoms with Crippen LogP contribution in [0.3, 0.4) is 0 Å². The fraction of sp³-hybridized carbons (Fsp3) is 0.533. The fourth-order valence-electron chi connectivity index (χ4n) is 2.17. The number of nitrogens with two attached hydrogens (primary N) is 1. The second-order valence-corrected chi connectivity index (χ2v) is 4.89. The smallest absolute Gasteiger partial charge is 0.161 e. The molecule has 1 atom stereocenters. The maximum absolute atomic E-state index is 11.3. The van der Waals surface area contributed by atoms with Crippen molar-refractivity contribution in [2.24, 2.45) is 0 Å². The summed E-state index contributed by atoms with van der Waals surface area (Å²) in [4.78, 5) is 13.7. The first-order valence-corrected chi connectivity index (χ1v) is 6.87. The van der Waals surface area contributed by atoms with Gasteiger partial charge in [0.2, 0.25) is 0 Å². The Bertz CT molecular complexity index is 427. The van der Waals surface area contributed by atoms with E-state index in [1.54, 1.807) is 6.07 Å². The quantitative estimate of drug-likeness (QED) is 0.586. The highest BCUT2D eigenvalue weighted by Crippen LogP contribution is 2.19. The standard InChI is InChI=1S/C15H25N3O/c1-5-18(6-2)10-11(3)17-13-7-8-14(12(4)19)15(16)9-13/h7-9,11,17H,5-6,10,16H2,1-4H3. The van der Waals surface area contributed by atoms with Gasteiger partial charge in [0.1, 0.15) is 0 Å². The highest BCUT2D eigenvalue weighted by Gasteiger charge is 2.09. The topological polar surface area (TPSA) is 58.4 Å². The molecular weight excluding hydrogens is 238 g/mol. The van der Waals surface area contributed by atoms with Gasteiger partial charge in [-0.25, -0.2) is 0 Å². The van der Waals surface area contributed by atoms with E-state index in [1.165, 1.54) is 6.92 Å². The highest BCUT2D eigenvalue weighted by atomic mass is 16.1. The summed E-state index contributed by atoms with van der Waals surface area (Å²) in [6, 6.07) is 5.85. The number of hydrogen-bond acceptors (Lipinski definition) is 4. The van der Waals surface area contributed by atoms with Crippen LogP contribution in [0.4, 0.5) is 11.4 Å². The van der Waals surface area contributed by atoms with Gasteiger partial charge in [0.25, 0.3) is 0 Å². The summed E-state index contributed by atoms with van der Waals surface area (Å²) in [6.45, 7) is 11.1. The predicted molar refractivity (Wildman–Crippen MR) is 81.7 cm³/mol.